The minimum Gasteiger partial charge on any atom is -0.336 e. The van der Waals surface area contributed by atoms with Gasteiger partial charge in [-0.25, -0.2) is 4.68 Å². The molecule has 3 N–H and O–H groups in total. The standard InChI is InChI=1S/C15H21N5OS/c1-9(2)13-18-19-15(20(13)16)22-11(4)14(21)17-12-8-6-5-7-10(12)3/h5-9,11H,16H2,1-4H3,(H,17,21)/t11-/m1/s1. The molecule has 0 saturated heterocycles. The van der Waals surface area contributed by atoms with Crippen molar-refractivity contribution in [3.8, 4) is 0 Å². The van der Waals surface area contributed by atoms with Crippen LogP contribution < -0.4 is 11.2 Å². The SMILES string of the molecule is Cc1ccccc1NC(=O)[C@@H](C)Sc1nnc(C(C)C)n1N. The zero-order chi connectivity index (χ0) is 16.3. The highest BCUT2D eigenvalue weighted by atomic mass is 32.2. The second-order valence-electron chi connectivity index (χ2n) is 5.43. The first-order valence-electron chi connectivity index (χ1n) is 7.13. The molecule has 0 spiro atoms. The average Bonchev–Trinajstić information content (AvgIpc) is 2.82. The number of nitrogens with one attached hydrogen (secondary N) is 1. The summed E-state index contributed by atoms with van der Waals surface area (Å²) < 4.78 is 1.45. The van der Waals surface area contributed by atoms with E-state index in [0.717, 1.165) is 11.3 Å². The number of aryl methyl sites for hydroxylation is 1. The Balaban J connectivity index is 2.04. The smallest absolute Gasteiger partial charge is 0.237 e. The second-order valence-corrected chi connectivity index (χ2v) is 6.74. The number of nitrogens with two attached hydrogens (primary N) is 1. The van der Waals surface area contributed by atoms with E-state index in [9.17, 15) is 4.79 Å². The highest BCUT2D eigenvalue weighted by Gasteiger charge is 2.20. The number of benzene rings is 1. The number of rotatable bonds is 5. The first-order chi connectivity index (χ1) is 10.4. The maximum absolute atomic E-state index is 12.3. The van der Waals surface area contributed by atoms with Crippen LogP contribution in [0.3, 0.4) is 0 Å². The summed E-state index contributed by atoms with van der Waals surface area (Å²) in [4.78, 5) is 12.3. The highest BCUT2D eigenvalue weighted by molar-refractivity contribution is 8.00. The summed E-state index contributed by atoms with van der Waals surface area (Å²) in [6, 6.07) is 7.67. The zero-order valence-electron chi connectivity index (χ0n) is 13.2. The number of hydrogen-bond acceptors (Lipinski definition) is 5. The molecule has 1 atom stereocenters. The van der Waals surface area contributed by atoms with Gasteiger partial charge in [-0.15, -0.1) is 10.2 Å². The summed E-state index contributed by atoms with van der Waals surface area (Å²) >= 11 is 1.29. The number of nitrogens with zero attached hydrogens (tertiary/aromatic N) is 3. The maximum atomic E-state index is 12.3. The Bertz CT molecular complexity index is 668. The summed E-state index contributed by atoms with van der Waals surface area (Å²) in [5.41, 5.74) is 1.84. The van der Waals surface area contributed by atoms with Crippen LogP contribution in [0.1, 0.15) is 38.1 Å². The maximum Gasteiger partial charge on any atom is 0.237 e. The largest absolute Gasteiger partial charge is 0.336 e. The first kappa shape index (κ1) is 16.4. The monoisotopic (exact) mass is 319 g/mol. The third kappa shape index (κ3) is 3.59. The van der Waals surface area contributed by atoms with Gasteiger partial charge in [-0.1, -0.05) is 43.8 Å². The van der Waals surface area contributed by atoms with Crippen LogP contribution in [0.25, 0.3) is 0 Å². The number of hydrogen-bond donors (Lipinski definition) is 2. The zero-order valence-corrected chi connectivity index (χ0v) is 14.0. The number of aromatic nitrogens is 3. The topological polar surface area (TPSA) is 85.8 Å². The molecule has 1 aromatic carbocycles. The van der Waals surface area contributed by atoms with Crippen LogP contribution >= 0.6 is 11.8 Å². The van der Waals surface area contributed by atoms with Gasteiger partial charge in [0, 0.05) is 11.6 Å². The van der Waals surface area contributed by atoms with Crippen LogP contribution in [-0.2, 0) is 4.79 Å². The van der Waals surface area contributed by atoms with E-state index in [1.807, 2.05) is 52.0 Å². The summed E-state index contributed by atoms with van der Waals surface area (Å²) in [5, 5.41) is 11.2. The van der Waals surface area contributed by atoms with Gasteiger partial charge in [0.15, 0.2) is 5.82 Å². The predicted octanol–water partition coefficient (Wildman–Crippen LogP) is 2.54. The molecular weight excluding hydrogens is 298 g/mol. The van der Waals surface area contributed by atoms with Crippen molar-refractivity contribution in [2.45, 2.75) is 44.0 Å². The van der Waals surface area contributed by atoms with E-state index in [0.29, 0.717) is 11.0 Å². The lowest BCUT2D eigenvalue weighted by atomic mass is 10.2. The van der Waals surface area contributed by atoms with Crippen molar-refractivity contribution in [2.24, 2.45) is 0 Å². The van der Waals surface area contributed by atoms with Gasteiger partial charge in [-0.05, 0) is 25.5 Å². The first-order valence-corrected chi connectivity index (χ1v) is 8.01. The van der Waals surface area contributed by atoms with E-state index >= 15 is 0 Å². The van der Waals surface area contributed by atoms with Crippen LogP contribution in [0.5, 0.6) is 0 Å². The molecule has 1 aromatic heterocycles. The molecule has 2 rings (SSSR count). The fourth-order valence-corrected chi connectivity index (χ4v) is 2.70. The molecule has 6 nitrogen and oxygen atoms in total. The van der Waals surface area contributed by atoms with Crippen LogP contribution in [0, 0.1) is 6.92 Å². The number of carbonyl (C=O) groups excluding carboxylic acids is 1. The van der Waals surface area contributed by atoms with Gasteiger partial charge in [0.2, 0.25) is 11.1 Å². The van der Waals surface area contributed by atoms with Gasteiger partial charge in [-0.3, -0.25) is 4.79 Å². The molecule has 2 aromatic rings. The molecule has 0 aliphatic heterocycles. The summed E-state index contributed by atoms with van der Waals surface area (Å²) in [6.45, 7) is 7.77. The Hall–Kier alpha value is -2.02. The third-order valence-corrected chi connectivity index (χ3v) is 4.32. The van der Waals surface area contributed by atoms with Crippen molar-refractivity contribution in [2.75, 3.05) is 11.2 Å². The number of amides is 1. The van der Waals surface area contributed by atoms with Crippen LogP contribution in [0.15, 0.2) is 29.4 Å². The Kier molecular flexibility index (Phi) is 5.07. The molecule has 118 valence electrons. The Morgan fingerprint density at radius 2 is 1.95 bits per heavy atom. The average molecular weight is 319 g/mol. The normalized spacial score (nSPS) is 12.4. The molecule has 0 bridgehead atoms. The fraction of sp³-hybridized carbons (Fsp3) is 0.400. The number of para-hydroxylation sites is 1. The lowest BCUT2D eigenvalue weighted by molar-refractivity contribution is -0.115. The van der Waals surface area contributed by atoms with Gasteiger partial charge in [0.05, 0.1) is 5.25 Å². The van der Waals surface area contributed by atoms with Crippen molar-refractivity contribution in [3.05, 3.63) is 35.7 Å². The lowest BCUT2D eigenvalue weighted by Crippen LogP contribution is -2.24. The Morgan fingerprint density at radius 1 is 1.27 bits per heavy atom. The van der Waals surface area contributed by atoms with Crippen molar-refractivity contribution >= 4 is 23.4 Å². The predicted molar refractivity (Wildman–Crippen MR) is 89.4 cm³/mol. The van der Waals surface area contributed by atoms with E-state index in [2.05, 4.69) is 15.5 Å². The second kappa shape index (κ2) is 6.83. The molecule has 0 radical (unpaired) electrons. The molecule has 22 heavy (non-hydrogen) atoms. The molecule has 0 aliphatic carbocycles. The summed E-state index contributed by atoms with van der Waals surface area (Å²) in [7, 11) is 0. The van der Waals surface area contributed by atoms with Gasteiger partial charge in [-0.2, -0.15) is 0 Å². The number of thioether (sulfide) groups is 1. The number of anilines is 1. The lowest BCUT2D eigenvalue weighted by Gasteiger charge is -2.13. The van der Waals surface area contributed by atoms with Crippen molar-refractivity contribution < 1.29 is 4.79 Å². The third-order valence-electron chi connectivity index (χ3n) is 3.26. The van der Waals surface area contributed by atoms with E-state index in [1.165, 1.54) is 16.4 Å². The Labute approximate surface area is 134 Å². The molecule has 0 fully saturated rings. The van der Waals surface area contributed by atoms with Crippen molar-refractivity contribution in [3.63, 3.8) is 0 Å². The van der Waals surface area contributed by atoms with Gasteiger partial charge in [0.25, 0.3) is 0 Å². The van der Waals surface area contributed by atoms with Gasteiger partial charge >= 0.3 is 0 Å². The van der Waals surface area contributed by atoms with E-state index in [1.54, 1.807) is 0 Å². The highest BCUT2D eigenvalue weighted by Crippen LogP contribution is 2.24. The minimum absolute atomic E-state index is 0.0894. The van der Waals surface area contributed by atoms with Gasteiger partial charge in [0.1, 0.15) is 0 Å². The quantitative estimate of drug-likeness (QED) is 0.653. The minimum atomic E-state index is -0.328. The fourth-order valence-electron chi connectivity index (χ4n) is 1.92. The number of nitrogen functional groups attached to an aromatic ring is 1. The van der Waals surface area contributed by atoms with Crippen molar-refractivity contribution in [1.29, 1.82) is 0 Å². The molecule has 7 heteroatoms. The van der Waals surface area contributed by atoms with Crippen LogP contribution in [0.4, 0.5) is 5.69 Å². The van der Waals surface area contributed by atoms with Gasteiger partial charge < -0.3 is 11.2 Å². The molecule has 0 saturated carbocycles. The van der Waals surface area contributed by atoms with Crippen molar-refractivity contribution in [1.82, 2.24) is 14.9 Å². The summed E-state index contributed by atoms with van der Waals surface area (Å²) in [6.07, 6.45) is 0. The molecule has 1 amide bonds. The van der Waals surface area contributed by atoms with E-state index in [4.69, 9.17) is 5.84 Å². The van der Waals surface area contributed by atoms with Crippen LogP contribution in [-0.4, -0.2) is 26.0 Å². The molecule has 0 unspecified atom stereocenters. The molecular formula is C15H21N5OS. The molecule has 1 heterocycles. The van der Waals surface area contributed by atoms with E-state index in [-0.39, 0.29) is 17.1 Å². The molecule has 0 aliphatic rings. The van der Waals surface area contributed by atoms with E-state index < -0.39 is 0 Å². The number of carbonyl (C=O) groups is 1. The summed E-state index contributed by atoms with van der Waals surface area (Å²) in [5.74, 6) is 6.77. The van der Waals surface area contributed by atoms with Crippen LogP contribution in [0.2, 0.25) is 0 Å². The Morgan fingerprint density at radius 3 is 2.55 bits per heavy atom.